The molecule has 1 aromatic carbocycles. The maximum atomic E-state index is 3.59. The van der Waals surface area contributed by atoms with Crippen molar-refractivity contribution in [2.45, 2.75) is 39.7 Å². The zero-order valence-electron chi connectivity index (χ0n) is 10.5. The SMILES string of the molecule is CC(C)CCCNC(C)c1ccccc1Br. The van der Waals surface area contributed by atoms with Crippen LogP contribution in [0.1, 0.15) is 45.2 Å². The summed E-state index contributed by atoms with van der Waals surface area (Å²) >= 11 is 3.59. The number of halogens is 1. The molecule has 0 aliphatic heterocycles. The molecule has 2 heteroatoms. The lowest BCUT2D eigenvalue weighted by molar-refractivity contribution is 0.497. The second-order valence-corrected chi connectivity index (χ2v) is 5.59. The van der Waals surface area contributed by atoms with Crippen molar-refractivity contribution >= 4 is 15.9 Å². The number of nitrogens with one attached hydrogen (secondary N) is 1. The Morgan fingerprint density at radius 2 is 1.88 bits per heavy atom. The fourth-order valence-corrected chi connectivity index (χ4v) is 2.39. The van der Waals surface area contributed by atoms with Gasteiger partial charge in [0.1, 0.15) is 0 Å². The van der Waals surface area contributed by atoms with Gasteiger partial charge in [0.15, 0.2) is 0 Å². The fraction of sp³-hybridized carbons (Fsp3) is 0.571. The Bertz CT molecular complexity index is 309. The summed E-state index contributed by atoms with van der Waals surface area (Å²) in [6.45, 7) is 7.87. The Labute approximate surface area is 108 Å². The van der Waals surface area contributed by atoms with E-state index in [1.807, 2.05) is 0 Å². The van der Waals surface area contributed by atoms with Gasteiger partial charge < -0.3 is 5.32 Å². The molecule has 1 unspecified atom stereocenters. The highest BCUT2D eigenvalue weighted by Gasteiger charge is 2.07. The van der Waals surface area contributed by atoms with Crippen molar-refractivity contribution in [3.63, 3.8) is 0 Å². The Balaban J connectivity index is 2.35. The zero-order chi connectivity index (χ0) is 12.0. The molecule has 0 saturated carbocycles. The summed E-state index contributed by atoms with van der Waals surface area (Å²) in [5.74, 6) is 0.806. The van der Waals surface area contributed by atoms with E-state index in [1.54, 1.807) is 0 Å². The monoisotopic (exact) mass is 283 g/mol. The third-order valence-electron chi connectivity index (χ3n) is 2.78. The van der Waals surface area contributed by atoms with E-state index in [4.69, 9.17) is 0 Å². The number of hydrogen-bond donors (Lipinski definition) is 1. The van der Waals surface area contributed by atoms with Crippen molar-refractivity contribution in [2.75, 3.05) is 6.54 Å². The van der Waals surface area contributed by atoms with E-state index in [1.165, 1.54) is 22.9 Å². The Kier molecular flexibility index (Phi) is 6.07. The van der Waals surface area contributed by atoms with Crippen LogP contribution >= 0.6 is 15.9 Å². The molecule has 0 bridgehead atoms. The summed E-state index contributed by atoms with van der Waals surface area (Å²) in [5.41, 5.74) is 1.34. The smallest absolute Gasteiger partial charge is 0.0302 e. The summed E-state index contributed by atoms with van der Waals surface area (Å²) in [7, 11) is 0. The molecule has 0 radical (unpaired) electrons. The Hall–Kier alpha value is -0.340. The lowest BCUT2D eigenvalue weighted by atomic mass is 10.1. The first kappa shape index (κ1) is 13.7. The molecule has 0 heterocycles. The van der Waals surface area contributed by atoms with Crippen molar-refractivity contribution in [1.82, 2.24) is 5.32 Å². The van der Waals surface area contributed by atoms with Crippen molar-refractivity contribution < 1.29 is 0 Å². The first-order valence-corrected chi connectivity index (χ1v) is 6.88. The predicted octanol–water partition coefficient (Wildman–Crippen LogP) is 4.54. The van der Waals surface area contributed by atoms with Crippen LogP contribution in [0, 0.1) is 5.92 Å². The third kappa shape index (κ3) is 4.67. The van der Waals surface area contributed by atoms with E-state index in [0.29, 0.717) is 6.04 Å². The lowest BCUT2D eigenvalue weighted by Crippen LogP contribution is -2.20. The maximum Gasteiger partial charge on any atom is 0.0302 e. The zero-order valence-corrected chi connectivity index (χ0v) is 12.0. The van der Waals surface area contributed by atoms with Crippen molar-refractivity contribution in [2.24, 2.45) is 5.92 Å². The van der Waals surface area contributed by atoms with Crippen LogP contribution in [0.2, 0.25) is 0 Å². The van der Waals surface area contributed by atoms with Crippen molar-refractivity contribution in [3.8, 4) is 0 Å². The molecule has 1 aromatic rings. The van der Waals surface area contributed by atoms with Crippen molar-refractivity contribution in [3.05, 3.63) is 34.3 Å². The van der Waals surface area contributed by atoms with Gasteiger partial charge in [-0.1, -0.05) is 48.0 Å². The van der Waals surface area contributed by atoms with E-state index in [2.05, 4.69) is 66.3 Å². The number of hydrogen-bond acceptors (Lipinski definition) is 1. The van der Waals surface area contributed by atoms with Gasteiger partial charge >= 0.3 is 0 Å². The van der Waals surface area contributed by atoms with E-state index < -0.39 is 0 Å². The van der Waals surface area contributed by atoms with Crippen LogP contribution in [0.15, 0.2) is 28.7 Å². The molecule has 0 aliphatic rings. The van der Waals surface area contributed by atoms with Crippen molar-refractivity contribution in [1.29, 1.82) is 0 Å². The summed E-state index contributed by atoms with van der Waals surface area (Å²) in [5, 5.41) is 3.57. The van der Waals surface area contributed by atoms with Crippen LogP contribution < -0.4 is 5.32 Å². The second kappa shape index (κ2) is 7.08. The van der Waals surface area contributed by atoms with Gasteiger partial charge in [-0.3, -0.25) is 0 Å². The van der Waals surface area contributed by atoms with Crippen LogP contribution in [-0.2, 0) is 0 Å². The highest BCUT2D eigenvalue weighted by atomic mass is 79.9. The molecule has 0 amide bonds. The van der Waals surface area contributed by atoms with E-state index in [0.717, 1.165) is 12.5 Å². The Morgan fingerprint density at radius 3 is 2.50 bits per heavy atom. The van der Waals surface area contributed by atoms with Gasteiger partial charge in [-0.25, -0.2) is 0 Å². The highest BCUT2D eigenvalue weighted by molar-refractivity contribution is 9.10. The van der Waals surface area contributed by atoms with E-state index >= 15 is 0 Å². The van der Waals surface area contributed by atoms with E-state index in [-0.39, 0.29) is 0 Å². The van der Waals surface area contributed by atoms with Gasteiger partial charge in [0.2, 0.25) is 0 Å². The van der Waals surface area contributed by atoms with Crippen LogP contribution in [0.4, 0.5) is 0 Å². The second-order valence-electron chi connectivity index (χ2n) is 4.73. The molecule has 0 saturated heterocycles. The molecule has 0 aromatic heterocycles. The minimum Gasteiger partial charge on any atom is -0.310 e. The maximum absolute atomic E-state index is 3.59. The Morgan fingerprint density at radius 1 is 1.19 bits per heavy atom. The number of benzene rings is 1. The van der Waals surface area contributed by atoms with Gasteiger partial charge in [-0.05, 0) is 43.9 Å². The summed E-state index contributed by atoms with van der Waals surface area (Å²) in [4.78, 5) is 0. The first-order chi connectivity index (χ1) is 7.61. The summed E-state index contributed by atoms with van der Waals surface area (Å²) in [6, 6.07) is 8.83. The topological polar surface area (TPSA) is 12.0 Å². The molecule has 1 atom stereocenters. The predicted molar refractivity (Wildman–Crippen MR) is 74.6 cm³/mol. The minimum absolute atomic E-state index is 0.419. The van der Waals surface area contributed by atoms with Gasteiger partial charge in [0, 0.05) is 10.5 Å². The van der Waals surface area contributed by atoms with Crippen LogP contribution in [0.5, 0.6) is 0 Å². The van der Waals surface area contributed by atoms with Crippen LogP contribution in [-0.4, -0.2) is 6.54 Å². The standard InChI is InChI=1S/C14H22BrN/c1-11(2)7-6-10-16-12(3)13-8-4-5-9-14(13)15/h4-5,8-9,11-12,16H,6-7,10H2,1-3H3. The average Bonchev–Trinajstić information content (AvgIpc) is 2.24. The molecular weight excluding hydrogens is 262 g/mol. The molecule has 0 fully saturated rings. The van der Waals surface area contributed by atoms with Crippen LogP contribution in [0.3, 0.4) is 0 Å². The van der Waals surface area contributed by atoms with E-state index in [9.17, 15) is 0 Å². The molecule has 0 aliphatic carbocycles. The summed E-state index contributed by atoms with van der Waals surface area (Å²) < 4.78 is 1.19. The molecule has 1 nitrogen and oxygen atoms in total. The van der Waals surface area contributed by atoms with Gasteiger partial charge in [0.05, 0.1) is 0 Å². The third-order valence-corrected chi connectivity index (χ3v) is 3.50. The lowest BCUT2D eigenvalue weighted by Gasteiger charge is -2.16. The summed E-state index contributed by atoms with van der Waals surface area (Å²) in [6.07, 6.45) is 2.56. The number of rotatable bonds is 6. The largest absolute Gasteiger partial charge is 0.310 e. The average molecular weight is 284 g/mol. The molecular formula is C14H22BrN. The quantitative estimate of drug-likeness (QED) is 0.756. The molecule has 90 valence electrons. The molecule has 0 spiro atoms. The first-order valence-electron chi connectivity index (χ1n) is 6.09. The minimum atomic E-state index is 0.419. The highest BCUT2D eigenvalue weighted by Crippen LogP contribution is 2.22. The van der Waals surface area contributed by atoms with Gasteiger partial charge in [-0.2, -0.15) is 0 Å². The molecule has 1 rings (SSSR count). The normalized spacial score (nSPS) is 13.1. The fourth-order valence-electron chi connectivity index (χ4n) is 1.77. The molecule has 16 heavy (non-hydrogen) atoms. The van der Waals surface area contributed by atoms with Gasteiger partial charge in [0.25, 0.3) is 0 Å². The van der Waals surface area contributed by atoms with Crippen LogP contribution in [0.25, 0.3) is 0 Å². The molecule has 1 N–H and O–H groups in total. The van der Waals surface area contributed by atoms with Gasteiger partial charge in [-0.15, -0.1) is 0 Å².